The Labute approximate surface area is 101 Å². The molecule has 3 nitrogen and oxygen atoms in total. The maximum Gasteiger partial charge on any atom is 0.102 e. The second-order valence-corrected chi connectivity index (χ2v) is 6.24. The molecule has 0 saturated heterocycles. The molecule has 0 unspecified atom stereocenters. The lowest BCUT2D eigenvalue weighted by molar-refractivity contribution is -0.0336. The third kappa shape index (κ3) is 1.36. The fourth-order valence-corrected chi connectivity index (χ4v) is 4.89. The first kappa shape index (κ1) is 9.70. The van der Waals surface area contributed by atoms with Crippen LogP contribution < -0.4 is 0 Å². The van der Waals surface area contributed by atoms with Crippen LogP contribution in [0.3, 0.4) is 0 Å². The highest BCUT2D eigenvalue weighted by molar-refractivity contribution is 5.22. The van der Waals surface area contributed by atoms with E-state index in [1.54, 1.807) is 6.20 Å². The number of nitrogens with zero attached hydrogens (tertiary/aromatic N) is 3. The SMILES string of the molecule is N#Cc1cnn(C2C3CC4CC(C3)CC2C4)c1. The topological polar surface area (TPSA) is 41.6 Å². The lowest BCUT2D eigenvalue weighted by atomic mass is 9.54. The lowest BCUT2D eigenvalue weighted by Gasteiger charge is -2.54. The molecular weight excluding hydrogens is 210 g/mol. The zero-order chi connectivity index (χ0) is 11.4. The third-order valence-electron chi connectivity index (χ3n) is 5.21. The molecule has 4 aliphatic rings. The van der Waals surface area contributed by atoms with E-state index in [1.807, 2.05) is 6.20 Å². The van der Waals surface area contributed by atoms with Crippen LogP contribution in [0.15, 0.2) is 12.4 Å². The Balaban J connectivity index is 1.68. The van der Waals surface area contributed by atoms with Crippen molar-refractivity contribution in [3.63, 3.8) is 0 Å². The van der Waals surface area contributed by atoms with Gasteiger partial charge in [-0.05, 0) is 55.8 Å². The van der Waals surface area contributed by atoms with Gasteiger partial charge in [0.2, 0.25) is 0 Å². The van der Waals surface area contributed by atoms with Crippen molar-refractivity contribution < 1.29 is 0 Å². The highest BCUT2D eigenvalue weighted by Gasteiger charge is 2.49. The van der Waals surface area contributed by atoms with Crippen LogP contribution in [0, 0.1) is 35.0 Å². The Morgan fingerprint density at radius 2 is 1.76 bits per heavy atom. The van der Waals surface area contributed by atoms with E-state index in [1.165, 1.54) is 32.1 Å². The molecule has 0 aliphatic heterocycles. The van der Waals surface area contributed by atoms with Gasteiger partial charge in [0.15, 0.2) is 0 Å². The Bertz CT molecular complexity index is 454. The highest BCUT2D eigenvalue weighted by atomic mass is 15.3. The molecule has 88 valence electrons. The molecule has 0 aromatic carbocycles. The average Bonchev–Trinajstić information content (AvgIpc) is 2.76. The van der Waals surface area contributed by atoms with Gasteiger partial charge < -0.3 is 0 Å². The van der Waals surface area contributed by atoms with Crippen molar-refractivity contribution in [2.24, 2.45) is 23.7 Å². The second-order valence-electron chi connectivity index (χ2n) is 6.24. The summed E-state index contributed by atoms with van der Waals surface area (Å²) in [6.07, 6.45) is 10.8. The largest absolute Gasteiger partial charge is 0.268 e. The molecule has 1 heterocycles. The van der Waals surface area contributed by atoms with E-state index in [0.29, 0.717) is 11.6 Å². The average molecular weight is 227 g/mol. The summed E-state index contributed by atoms with van der Waals surface area (Å²) in [7, 11) is 0. The fourth-order valence-electron chi connectivity index (χ4n) is 4.89. The van der Waals surface area contributed by atoms with Crippen molar-refractivity contribution in [1.29, 1.82) is 5.26 Å². The smallest absolute Gasteiger partial charge is 0.102 e. The Kier molecular flexibility index (Phi) is 1.91. The quantitative estimate of drug-likeness (QED) is 0.740. The number of aromatic nitrogens is 2. The fraction of sp³-hybridized carbons (Fsp3) is 0.714. The number of rotatable bonds is 1. The van der Waals surface area contributed by atoms with Crippen LogP contribution in [-0.2, 0) is 0 Å². The summed E-state index contributed by atoms with van der Waals surface area (Å²) in [6, 6.07) is 2.77. The van der Waals surface area contributed by atoms with Gasteiger partial charge in [0.25, 0.3) is 0 Å². The zero-order valence-corrected chi connectivity index (χ0v) is 9.92. The Hall–Kier alpha value is -1.30. The summed E-state index contributed by atoms with van der Waals surface area (Å²) in [4.78, 5) is 0. The van der Waals surface area contributed by atoms with Crippen molar-refractivity contribution in [3.8, 4) is 6.07 Å². The van der Waals surface area contributed by atoms with Crippen LogP contribution in [0.1, 0.15) is 43.7 Å². The number of hydrogen-bond donors (Lipinski definition) is 0. The van der Waals surface area contributed by atoms with E-state index in [4.69, 9.17) is 5.26 Å². The first-order valence-corrected chi connectivity index (χ1v) is 6.77. The van der Waals surface area contributed by atoms with Crippen LogP contribution in [-0.4, -0.2) is 9.78 Å². The van der Waals surface area contributed by atoms with E-state index >= 15 is 0 Å². The maximum atomic E-state index is 8.90. The van der Waals surface area contributed by atoms with Crippen LogP contribution in [0.4, 0.5) is 0 Å². The van der Waals surface area contributed by atoms with Gasteiger partial charge in [-0.15, -0.1) is 0 Å². The Morgan fingerprint density at radius 3 is 2.29 bits per heavy atom. The van der Waals surface area contributed by atoms with Gasteiger partial charge in [-0.25, -0.2) is 0 Å². The molecule has 1 aromatic rings. The summed E-state index contributed by atoms with van der Waals surface area (Å²) in [6.45, 7) is 0. The van der Waals surface area contributed by atoms with Crippen LogP contribution in [0.5, 0.6) is 0 Å². The maximum absolute atomic E-state index is 8.90. The molecule has 4 fully saturated rings. The van der Waals surface area contributed by atoms with Crippen molar-refractivity contribution in [3.05, 3.63) is 18.0 Å². The molecule has 3 heteroatoms. The molecule has 17 heavy (non-hydrogen) atoms. The minimum atomic E-state index is 0.588. The molecule has 0 radical (unpaired) electrons. The van der Waals surface area contributed by atoms with Crippen LogP contribution >= 0.6 is 0 Å². The number of hydrogen-bond acceptors (Lipinski definition) is 2. The molecule has 0 amide bonds. The van der Waals surface area contributed by atoms with E-state index < -0.39 is 0 Å². The molecule has 4 aliphatic carbocycles. The normalized spacial score (nSPS) is 42.6. The van der Waals surface area contributed by atoms with Crippen LogP contribution in [0.2, 0.25) is 0 Å². The van der Waals surface area contributed by atoms with Gasteiger partial charge >= 0.3 is 0 Å². The summed E-state index contributed by atoms with van der Waals surface area (Å²) in [5, 5.41) is 13.3. The van der Waals surface area contributed by atoms with Crippen molar-refractivity contribution in [1.82, 2.24) is 9.78 Å². The summed E-state index contributed by atoms with van der Waals surface area (Å²) < 4.78 is 2.10. The van der Waals surface area contributed by atoms with Crippen LogP contribution in [0.25, 0.3) is 0 Å². The third-order valence-corrected chi connectivity index (χ3v) is 5.21. The standard InChI is InChI=1S/C14H17N3/c15-6-11-7-16-17(8-11)14-12-2-9-1-10(4-12)5-13(14)3-9/h7-10,12-14H,1-5H2. The summed E-state index contributed by atoms with van der Waals surface area (Å²) in [5.41, 5.74) is 0.707. The minimum absolute atomic E-state index is 0.588. The molecule has 0 atom stereocenters. The lowest BCUT2D eigenvalue weighted by Crippen LogP contribution is -2.46. The van der Waals surface area contributed by atoms with E-state index in [9.17, 15) is 0 Å². The summed E-state index contributed by atoms with van der Waals surface area (Å²) in [5.74, 6) is 3.66. The highest BCUT2D eigenvalue weighted by Crippen LogP contribution is 2.58. The van der Waals surface area contributed by atoms with Crippen molar-refractivity contribution in [2.75, 3.05) is 0 Å². The molecule has 1 aromatic heterocycles. The molecule has 0 spiro atoms. The minimum Gasteiger partial charge on any atom is -0.268 e. The zero-order valence-electron chi connectivity index (χ0n) is 9.92. The van der Waals surface area contributed by atoms with E-state index in [0.717, 1.165) is 23.7 Å². The predicted octanol–water partition coefficient (Wildman–Crippen LogP) is 2.75. The molecule has 5 rings (SSSR count). The van der Waals surface area contributed by atoms with Gasteiger partial charge in [-0.1, -0.05) is 0 Å². The molecule has 4 saturated carbocycles. The monoisotopic (exact) mass is 227 g/mol. The molecule has 0 N–H and O–H groups in total. The molecule has 4 bridgehead atoms. The van der Waals surface area contributed by atoms with E-state index in [2.05, 4.69) is 15.8 Å². The van der Waals surface area contributed by atoms with Gasteiger partial charge in [-0.2, -0.15) is 10.4 Å². The first-order chi connectivity index (χ1) is 8.33. The molecular formula is C14H17N3. The Morgan fingerprint density at radius 1 is 1.12 bits per heavy atom. The predicted molar refractivity (Wildman–Crippen MR) is 63.0 cm³/mol. The first-order valence-electron chi connectivity index (χ1n) is 6.77. The second kappa shape index (κ2) is 3.35. The van der Waals surface area contributed by atoms with Crippen molar-refractivity contribution >= 4 is 0 Å². The van der Waals surface area contributed by atoms with Gasteiger partial charge in [0, 0.05) is 6.20 Å². The van der Waals surface area contributed by atoms with E-state index in [-0.39, 0.29) is 0 Å². The summed E-state index contributed by atoms with van der Waals surface area (Å²) >= 11 is 0. The van der Waals surface area contributed by atoms with Gasteiger partial charge in [-0.3, -0.25) is 4.68 Å². The van der Waals surface area contributed by atoms with Gasteiger partial charge in [0.1, 0.15) is 6.07 Å². The van der Waals surface area contributed by atoms with Crippen molar-refractivity contribution in [2.45, 2.75) is 38.1 Å². The van der Waals surface area contributed by atoms with Gasteiger partial charge in [0.05, 0.1) is 17.8 Å². The number of nitriles is 1.